The number of hydrogen-bond acceptors (Lipinski definition) is 1. The van der Waals surface area contributed by atoms with Crippen molar-refractivity contribution in [2.75, 3.05) is 0 Å². The molecule has 0 unspecified atom stereocenters. The molecule has 0 saturated heterocycles. The van der Waals surface area contributed by atoms with E-state index in [-0.39, 0.29) is 0 Å². The molecular formula is C15H12O. The van der Waals surface area contributed by atoms with Gasteiger partial charge in [-0.2, -0.15) is 0 Å². The van der Waals surface area contributed by atoms with Crippen molar-refractivity contribution in [2.45, 2.75) is 0 Å². The summed E-state index contributed by atoms with van der Waals surface area (Å²) in [4.78, 5) is 10.6. The van der Waals surface area contributed by atoms with Gasteiger partial charge in [0.15, 0.2) is 0 Å². The zero-order valence-electron chi connectivity index (χ0n) is 8.89. The fraction of sp³-hybridized carbons (Fsp3) is 0. The second-order valence-electron chi connectivity index (χ2n) is 3.49. The Morgan fingerprint density at radius 1 is 1.06 bits per heavy atom. The first-order chi connectivity index (χ1) is 7.86. The van der Waals surface area contributed by atoms with E-state index in [0.29, 0.717) is 0 Å². The smallest absolute Gasteiger partial charge is 0.143 e. The van der Waals surface area contributed by atoms with E-state index in [4.69, 9.17) is 0 Å². The SMILES string of the molecule is C=C/C(=C/C=O)c1cccc2ccccc12. The van der Waals surface area contributed by atoms with E-state index in [1.54, 1.807) is 6.08 Å². The number of carbonyl (C=O) groups excluding carboxylic acids is 1. The molecule has 0 saturated carbocycles. The lowest BCUT2D eigenvalue weighted by atomic mass is 9.98. The Balaban J connectivity index is 2.73. The summed E-state index contributed by atoms with van der Waals surface area (Å²) in [6.45, 7) is 3.74. The van der Waals surface area contributed by atoms with Crippen molar-refractivity contribution in [1.82, 2.24) is 0 Å². The maximum atomic E-state index is 10.6. The Morgan fingerprint density at radius 3 is 2.56 bits per heavy atom. The van der Waals surface area contributed by atoms with E-state index in [2.05, 4.69) is 18.7 Å². The molecular weight excluding hydrogens is 196 g/mol. The van der Waals surface area contributed by atoms with Gasteiger partial charge in [0, 0.05) is 0 Å². The van der Waals surface area contributed by atoms with Crippen LogP contribution in [0.3, 0.4) is 0 Å². The zero-order chi connectivity index (χ0) is 11.4. The van der Waals surface area contributed by atoms with Gasteiger partial charge in [0.25, 0.3) is 0 Å². The molecule has 2 aromatic carbocycles. The molecule has 0 fully saturated rings. The van der Waals surface area contributed by atoms with E-state index >= 15 is 0 Å². The van der Waals surface area contributed by atoms with Crippen molar-refractivity contribution in [3.63, 3.8) is 0 Å². The van der Waals surface area contributed by atoms with Gasteiger partial charge in [-0.25, -0.2) is 0 Å². The maximum Gasteiger partial charge on any atom is 0.143 e. The lowest BCUT2D eigenvalue weighted by molar-refractivity contribution is -0.104. The van der Waals surface area contributed by atoms with E-state index in [1.807, 2.05) is 30.3 Å². The summed E-state index contributed by atoms with van der Waals surface area (Å²) in [5, 5.41) is 2.30. The van der Waals surface area contributed by atoms with Gasteiger partial charge in [0.2, 0.25) is 0 Å². The second-order valence-corrected chi connectivity index (χ2v) is 3.49. The monoisotopic (exact) mass is 208 g/mol. The van der Waals surface area contributed by atoms with Crippen molar-refractivity contribution in [1.29, 1.82) is 0 Å². The van der Waals surface area contributed by atoms with Crippen LogP contribution in [0.2, 0.25) is 0 Å². The molecule has 0 atom stereocenters. The van der Waals surface area contributed by atoms with Crippen LogP contribution in [0.15, 0.2) is 61.2 Å². The minimum absolute atomic E-state index is 0.790. The van der Waals surface area contributed by atoms with Crippen LogP contribution in [-0.2, 0) is 4.79 Å². The Labute approximate surface area is 94.7 Å². The van der Waals surface area contributed by atoms with Gasteiger partial charge in [0.05, 0.1) is 0 Å². The second kappa shape index (κ2) is 4.58. The molecule has 78 valence electrons. The lowest BCUT2D eigenvalue weighted by Crippen LogP contribution is -1.84. The number of allylic oxidation sites excluding steroid dienone is 3. The van der Waals surface area contributed by atoms with Gasteiger partial charge >= 0.3 is 0 Å². The van der Waals surface area contributed by atoms with Crippen molar-refractivity contribution >= 4 is 22.6 Å². The molecule has 0 aliphatic heterocycles. The molecule has 16 heavy (non-hydrogen) atoms. The topological polar surface area (TPSA) is 17.1 Å². The van der Waals surface area contributed by atoms with Crippen LogP contribution in [0.5, 0.6) is 0 Å². The maximum absolute atomic E-state index is 10.6. The number of fused-ring (bicyclic) bond motifs is 1. The summed E-state index contributed by atoms with van der Waals surface area (Å²) >= 11 is 0. The largest absolute Gasteiger partial charge is 0.299 e. The highest BCUT2D eigenvalue weighted by Gasteiger charge is 2.02. The fourth-order valence-corrected chi connectivity index (χ4v) is 1.82. The van der Waals surface area contributed by atoms with Crippen LogP contribution in [0.4, 0.5) is 0 Å². The molecule has 0 amide bonds. The lowest BCUT2D eigenvalue weighted by Gasteiger charge is -2.06. The first-order valence-corrected chi connectivity index (χ1v) is 5.13. The van der Waals surface area contributed by atoms with Gasteiger partial charge in [0.1, 0.15) is 6.29 Å². The predicted octanol–water partition coefficient (Wildman–Crippen LogP) is 3.61. The summed E-state index contributed by atoms with van der Waals surface area (Å²) in [5.74, 6) is 0. The Bertz CT molecular complexity index is 559. The van der Waals surface area contributed by atoms with Crippen LogP contribution < -0.4 is 0 Å². The van der Waals surface area contributed by atoms with Crippen molar-refractivity contribution < 1.29 is 4.79 Å². The summed E-state index contributed by atoms with van der Waals surface area (Å²) < 4.78 is 0. The summed E-state index contributed by atoms with van der Waals surface area (Å²) in [5.41, 5.74) is 1.90. The summed E-state index contributed by atoms with van der Waals surface area (Å²) in [6, 6.07) is 14.1. The quantitative estimate of drug-likeness (QED) is 0.428. The minimum atomic E-state index is 0.790. The Morgan fingerprint density at radius 2 is 1.81 bits per heavy atom. The van der Waals surface area contributed by atoms with Crippen LogP contribution >= 0.6 is 0 Å². The standard InChI is InChI=1S/C15H12O/c1-2-12(10-11-16)14-9-5-7-13-6-3-4-8-15(13)14/h2-11H,1H2/b12-10-. The molecule has 2 aromatic rings. The number of rotatable bonds is 3. The van der Waals surface area contributed by atoms with Gasteiger partial charge in [-0.15, -0.1) is 0 Å². The number of aldehydes is 1. The fourth-order valence-electron chi connectivity index (χ4n) is 1.82. The molecule has 1 nitrogen and oxygen atoms in total. The van der Waals surface area contributed by atoms with Gasteiger partial charge in [-0.1, -0.05) is 55.1 Å². The number of hydrogen-bond donors (Lipinski definition) is 0. The molecule has 0 aliphatic carbocycles. The minimum Gasteiger partial charge on any atom is -0.299 e. The van der Waals surface area contributed by atoms with Crippen LogP contribution in [0.25, 0.3) is 16.3 Å². The average Bonchev–Trinajstić information content (AvgIpc) is 2.35. The summed E-state index contributed by atoms with van der Waals surface area (Å²) in [6.07, 6.45) is 4.03. The third-order valence-electron chi connectivity index (χ3n) is 2.57. The van der Waals surface area contributed by atoms with Crippen LogP contribution in [0, 0.1) is 0 Å². The highest BCUT2D eigenvalue weighted by atomic mass is 16.1. The first kappa shape index (κ1) is 10.4. The third-order valence-corrected chi connectivity index (χ3v) is 2.57. The van der Waals surface area contributed by atoms with Crippen LogP contribution in [-0.4, -0.2) is 6.29 Å². The number of benzene rings is 2. The highest BCUT2D eigenvalue weighted by molar-refractivity contribution is 5.98. The molecule has 0 N–H and O–H groups in total. The van der Waals surface area contributed by atoms with Crippen LogP contribution in [0.1, 0.15) is 5.56 Å². The molecule has 1 heteroatoms. The van der Waals surface area contributed by atoms with E-state index in [9.17, 15) is 4.79 Å². The van der Waals surface area contributed by atoms with E-state index < -0.39 is 0 Å². The third kappa shape index (κ3) is 1.80. The summed E-state index contributed by atoms with van der Waals surface area (Å²) in [7, 11) is 0. The van der Waals surface area contributed by atoms with Gasteiger partial charge < -0.3 is 0 Å². The molecule has 0 spiro atoms. The van der Waals surface area contributed by atoms with E-state index in [1.165, 1.54) is 11.5 Å². The Kier molecular flexibility index (Phi) is 2.97. The van der Waals surface area contributed by atoms with Crippen molar-refractivity contribution in [3.8, 4) is 0 Å². The molecule has 0 bridgehead atoms. The molecule has 2 rings (SSSR count). The van der Waals surface area contributed by atoms with Crippen molar-refractivity contribution in [2.24, 2.45) is 0 Å². The van der Waals surface area contributed by atoms with Gasteiger partial charge in [-0.05, 0) is 28.0 Å². The average molecular weight is 208 g/mol. The molecule has 0 aliphatic rings. The normalized spacial score (nSPS) is 11.4. The van der Waals surface area contributed by atoms with E-state index in [0.717, 1.165) is 22.8 Å². The molecule has 0 aromatic heterocycles. The zero-order valence-corrected chi connectivity index (χ0v) is 8.89. The molecule has 0 radical (unpaired) electrons. The first-order valence-electron chi connectivity index (χ1n) is 5.13. The molecule has 0 heterocycles. The van der Waals surface area contributed by atoms with Crippen molar-refractivity contribution in [3.05, 3.63) is 66.8 Å². The highest BCUT2D eigenvalue weighted by Crippen LogP contribution is 2.25. The van der Waals surface area contributed by atoms with Gasteiger partial charge in [-0.3, -0.25) is 4.79 Å². The predicted molar refractivity (Wildman–Crippen MR) is 68.2 cm³/mol. The number of carbonyl (C=O) groups is 1. The Hall–Kier alpha value is -2.15.